The number of hydrogen-bond donors (Lipinski definition) is 0. The lowest BCUT2D eigenvalue weighted by molar-refractivity contribution is -0.916. The monoisotopic (exact) mass is 268 g/mol. The van der Waals surface area contributed by atoms with Crippen molar-refractivity contribution in [1.29, 1.82) is 0 Å². The summed E-state index contributed by atoms with van der Waals surface area (Å²) in [5.74, 6) is 0. The van der Waals surface area contributed by atoms with E-state index in [-0.39, 0.29) is 0 Å². The second-order valence-corrected chi connectivity index (χ2v) is 7.76. The van der Waals surface area contributed by atoms with E-state index >= 15 is 0 Å². The van der Waals surface area contributed by atoms with E-state index in [1.54, 1.807) is 0 Å². The first-order chi connectivity index (χ1) is 9.12. The van der Waals surface area contributed by atoms with Crippen molar-refractivity contribution in [3.8, 4) is 0 Å². The number of piperidine rings is 2. The Bertz CT molecular complexity index is 224. The minimum absolute atomic E-state index is 1.37. The summed E-state index contributed by atoms with van der Waals surface area (Å²) in [6, 6.07) is 0. The molecule has 0 aromatic heterocycles. The summed E-state index contributed by atoms with van der Waals surface area (Å²) in [5, 5.41) is 0. The highest BCUT2D eigenvalue weighted by Crippen LogP contribution is 2.19. The molecule has 2 heteroatoms. The number of likely N-dealkylation sites (tertiary alicyclic amines) is 2. The first-order valence-corrected chi connectivity index (χ1v) is 8.79. The molecular formula is C17H36N2+2. The van der Waals surface area contributed by atoms with E-state index in [9.17, 15) is 0 Å². The molecular weight excluding hydrogens is 232 g/mol. The lowest BCUT2D eigenvalue weighted by Gasteiger charge is -2.39. The first-order valence-electron chi connectivity index (χ1n) is 8.79. The fourth-order valence-corrected chi connectivity index (χ4v) is 4.16. The van der Waals surface area contributed by atoms with E-state index in [2.05, 4.69) is 14.1 Å². The van der Waals surface area contributed by atoms with Crippen molar-refractivity contribution < 1.29 is 8.97 Å². The molecule has 0 amide bonds. The van der Waals surface area contributed by atoms with Crippen LogP contribution in [0.5, 0.6) is 0 Å². The number of unbranched alkanes of at least 4 members (excludes halogenated alkanes) is 2. The second kappa shape index (κ2) is 7.08. The van der Waals surface area contributed by atoms with E-state index in [4.69, 9.17) is 0 Å². The third kappa shape index (κ3) is 5.07. The van der Waals surface area contributed by atoms with Gasteiger partial charge < -0.3 is 8.97 Å². The summed E-state index contributed by atoms with van der Waals surface area (Å²) in [5.41, 5.74) is 0. The Hall–Kier alpha value is -0.0800. The fraction of sp³-hybridized carbons (Fsp3) is 1.00. The Balaban J connectivity index is 1.56. The molecule has 0 saturated carbocycles. The molecule has 2 heterocycles. The van der Waals surface area contributed by atoms with Gasteiger partial charge in [-0.25, -0.2) is 0 Å². The highest BCUT2D eigenvalue weighted by molar-refractivity contribution is 4.54. The number of quaternary nitrogens is 2. The first kappa shape index (κ1) is 15.3. The van der Waals surface area contributed by atoms with Gasteiger partial charge in [-0.3, -0.25) is 0 Å². The molecule has 2 aliphatic heterocycles. The summed E-state index contributed by atoms with van der Waals surface area (Å²) in [4.78, 5) is 0. The highest BCUT2D eigenvalue weighted by Gasteiger charge is 2.25. The van der Waals surface area contributed by atoms with E-state index in [1.807, 2.05) is 0 Å². The standard InChI is InChI=1S/C17H36N2/c1-18(12-6-3-7-13-18)16-10-5-11-17-19(2)14-8-4-9-15-19/h3-17H2,1-2H3/q+2. The molecule has 0 N–H and O–H groups in total. The smallest absolute Gasteiger partial charge is 0.0784 e. The molecule has 2 saturated heterocycles. The molecule has 0 spiro atoms. The van der Waals surface area contributed by atoms with E-state index < -0.39 is 0 Å². The molecule has 2 fully saturated rings. The molecule has 112 valence electrons. The van der Waals surface area contributed by atoms with Crippen LogP contribution < -0.4 is 0 Å². The molecule has 0 aromatic rings. The molecule has 0 aromatic carbocycles. The van der Waals surface area contributed by atoms with Crippen molar-refractivity contribution in [2.24, 2.45) is 0 Å². The van der Waals surface area contributed by atoms with Gasteiger partial charge in [-0.15, -0.1) is 0 Å². The van der Waals surface area contributed by atoms with Crippen molar-refractivity contribution >= 4 is 0 Å². The van der Waals surface area contributed by atoms with Crippen LogP contribution in [0.2, 0.25) is 0 Å². The zero-order chi connectivity index (χ0) is 13.6. The average Bonchev–Trinajstić information content (AvgIpc) is 2.40. The normalized spacial score (nSPS) is 26.2. The van der Waals surface area contributed by atoms with Crippen LogP contribution in [0.4, 0.5) is 0 Å². The van der Waals surface area contributed by atoms with Crippen molar-refractivity contribution in [2.75, 3.05) is 53.4 Å². The zero-order valence-corrected chi connectivity index (χ0v) is 13.5. The summed E-state index contributed by atoms with van der Waals surface area (Å²) in [6.07, 6.45) is 13.2. The predicted octanol–water partition coefficient (Wildman–Crippen LogP) is 3.42. The third-order valence-corrected chi connectivity index (χ3v) is 5.69. The molecule has 0 aliphatic carbocycles. The van der Waals surface area contributed by atoms with Crippen LogP contribution >= 0.6 is 0 Å². The Labute approximate surface area is 121 Å². The minimum Gasteiger partial charge on any atom is -0.326 e. The van der Waals surface area contributed by atoms with Crippen LogP contribution in [-0.2, 0) is 0 Å². The van der Waals surface area contributed by atoms with Gasteiger partial charge in [0.25, 0.3) is 0 Å². The number of hydrogen-bond acceptors (Lipinski definition) is 0. The maximum atomic E-state index is 2.48. The molecule has 2 nitrogen and oxygen atoms in total. The maximum absolute atomic E-state index is 2.48. The van der Waals surface area contributed by atoms with Crippen molar-refractivity contribution in [3.63, 3.8) is 0 Å². The lowest BCUT2D eigenvalue weighted by atomic mass is 10.1. The Morgan fingerprint density at radius 2 is 0.895 bits per heavy atom. The van der Waals surface area contributed by atoms with Gasteiger partial charge in [0.05, 0.1) is 53.4 Å². The second-order valence-electron chi connectivity index (χ2n) is 7.76. The predicted molar refractivity (Wildman–Crippen MR) is 83.1 cm³/mol. The van der Waals surface area contributed by atoms with Crippen LogP contribution in [0.15, 0.2) is 0 Å². The Kier molecular flexibility index (Phi) is 5.70. The molecule has 19 heavy (non-hydrogen) atoms. The molecule has 0 atom stereocenters. The topological polar surface area (TPSA) is 0 Å². The van der Waals surface area contributed by atoms with Gasteiger partial charge in [0, 0.05) is 0 Å². The quantitative estimate of drug-likeness (QED) is 0.511. The Morgan fingerprint density at radius 1 is 0.526 bits per heavy atom. The van der Waals surface area contributed by atoms with Crippen molar-refractivity contribution in [1.82, 2.24) is 0 Å². The van der Waals surface area contributed by atoms with E-state index in [0.717, 1.165) is 0 Å². The maximum Gasteiger partial charge on any atom is 0.0784 e. The lowest BCUT2D eigenvalue weighted by Crippen LogP contribution is -2.49. The van der Waals surface area contributed by atoms with Gasteiger partial charge in [-0.05, 0) is 57.8 Å². The number of nitrogens with zero attached hydrogens (tertiary/aromatic N) is 2. The van der Waals surface area contributed by atoms with Crippen molar-refractivity contribution in [2.45, 2.75) is 57.8 Å². The van der Waals surface area contributed by atoms with Gasteiger partial charge in [-0.1, -0.05) is 0 Å². The SMILES string of the molecule is C[N+]1(CCCCC[N+]2(C)CCCCC2)CCCCC1. The fourth-order valence-electron chi connectivity index (χ4n) is 4.16. The summed E-state index contributed by atoms with van der Waals surface area (Å²) in [6.45, 7) is 8.62. The van der Waals surface area contributed by atoms with Gasteiger partial charge in [0.15, 0.2) is 0 Å². The van der Waals surface area contributed by atoms with Gasteiger partial charge >= 0.3 is 0 Å². The Morgan fingerprint density at radius 3 is 1.26 bits per heavy atom. The molecule has 0 bridgehead atoms. The molecule has 0 radical (unpaired) electrons. The molecule has 2 aliphatic rings. The van der Waals surface area contributed by atoms with Crippen LogP contribution in [0.3, 0.4) is 0 Å². The largest absolute Gasteiger partial charge is 0.326 e. The van der Waals surface area contributed by atoms with Gasteiger partial charge in [-0.2, -0.15) is 0 Å². The third-order valence-electron chi connectivity index (χ3n) is 5.69. The van der Waals surface area contributed by atoms with Gasteiger partial charge in [0.1, 0.15) is 0 Å². The summed E-state index contributed by atoms with van der Waals surface area (Å²) in [7, 11) is 4.97. The van der Waals surface area contributed by atoms with Crippen LogP contribution in [0, 0.1) is 0 Å². The van der Waals surface area contributed by atoms with Crippen LogP contribution in [-0.4, -0.2) is 62.3 Å². The summed E-state index contributed by atoms with van der Waals surface area (Å²) < 4.78 is 2.73. The highest BCUT2D eigenvalue weighted by atomic mass is 15.3. The zero-order valence-electron chi connectivity index (χ0n) is 13.5. The molecule has 0 unspecified atom stereocenters. The van der Waals surface area contributed by atoms with Gasteiger partial charge in [0.2, 0.25) is 0 Å². The number of rotatable bonds is 6. The van der Waals surface area contributed by atoms with E-state index in [0.29, 0.717) is 0 Å². The summed E-state index contributed by atoms with van der Waals surface area (Å²) >= 11 is 0. The van der Waals surface area contributed by atoms with Crippen LogP contribution in [0.1, 0.15) is 57.8 Å². The van der Waals surface area contributed by atoms with E-state index in [1.165, 1.54) is 106 Å². The molecule has 2 rings (SSSR count). The van der Waals surface area contributed by atoms with Crippen LogP contribution in [0.25, 0.3) is 0 Å². The van der Waals surface area contributed by atoms with Crippen molar-refractivity contribution in [3.05, 3.63) is 0 Å². The minimum atomic E-state index is 1.37. The average molecular weight is 268 g/mol.